The molecule has 11 rings (SSSR count). The molecule has 3 fully saturated rings. The van der Waals surface area contributed by atoms with Crippen LogP contribution >= 0.6 is 71.8 Å². The molecule has 5 aliphatic heterocycles. The molecule has 3 saturated heterocycles. The number of rotatable bonds is 8. The lowest BCUT2D eigenvalue weighted by Gasteiger charge is -2.35. The molecule has 0 radical (unpaired) electrons. The predicted molar refractivity (Wildman–Crippen MR) is 414 cm³/mol. The topological polar surface area (TPSA) is 363 Å². The molecule has 0 saturated carbocycles. The summed E-state index contributed by atoms with van der Waals surface area (Å²) in [5.41, 5.74) is 15.0. The van der Waals surface area contributed by atoms with E-state index in [2.05, 4.69) is 111 Å². The number of anilines is 2. The third-order valence-corrected chi connectivity index (χ3v) is 17.7. The number of nitrogens with two attached hydrogens (primary N) is 3. The molecule has 0 aliphatic carbocycles. The van der Waals surface area contributed by atoms with Gasteiger partial charge in [0.1, 0.15) is 33.6 Å². The highest BCUT2D eigenvalue weighted by Crippen LogP contribution is 2.31. The Kier molecular flexibility index (Phi) is 33.6. The molecular formula is C71H98Br3Cl2N15O12. The molecule has 3 aromatic carbocycles. The van der Waals surface area contributed by atoms with E-state index in [1.165, 1.54) is 0 Å². The molecule has 11 N–H and O–H groups in total. The van der Waals surface area contributed by atoms with Crippen LogP contribution in [0.1, 0.15) is 114 Å². The zero-order valence-electron chi connectivity index (χ0n) is 61.0. The number of pyridine rings is 3. The van der Waals surface area contributed by atoms with Crippen molar-refractivity contribution in [2.75, 3.05) is 96.3 Å². The number of hydrogen-bond donors (Lipinski definition) is 6. The highest BCUT2D eigenvalue weighted by molar-refractivity contribution is 9.11. The molecular weight excluding hydrogens is 1570 g/mol. The van der Waals surface area contributed by atoms with Crippen LogP contribution in [0, 0.1) is 0 Å². The molecule has 27 nitrogen and oxygen atoms in total. The first-order valence-electron chi connectivity index (χ1n) is 32.9. The summed E-state index contributed by atoms with van der Waals surface area (Å²) in [5.74, 6) is 7.17. The summed E-state index contributed by atoms with van der Waals surface area (Å²) in [7, 11) is 0. The van der Waals surface area contributed by atoms with Crippen molar-refractivity contribution in [2.45, 2.75) is 133 Å². The van der Waals surface area contributed by atoms with Gasteiger partial charge in [-0.15, -0.1) is 12.4 Å². The molecule has 8 heterocycles. The number of piperazine rings is 3. The number of carbonyl (C=O) groups is 7. The maximum atomic E-state index is 12.5. The van der Waals surface area contributed by atoms with Crippen molar-refractivity contribution in [1.29, 1.82) is 0 Å². The predicted octanol–water partition coefficient (Wildman–Crippen LogP) is 12.2. The normalized spacial score (nSPS) is 16.0. The monoisotopic (exact) mass is 1660 g/mol. The fraction of sp³-hybridized carbons (Fsp3) is 0.465. The lowest BCUT2D eigenvalue weighted by atomic mass is 10.1. The number of aromatic nitrogens is 3. The molecule has 3 aromatic heterocycles. The minimum Gasteiger partial charge on any atom is -0.444 e. The molecule has 5 amide bonds. The first-order chi connectivity index (χ1) is 47.4. The average molecular weight is 1660 g/mol. The van der Waals surface area contributed by atoms with Gasteiger partial charge in [0, 0.05) is 157 Å². The van der Waals surface area contributed by atoms with Crippen LogP contribution in [0.25, 0.3) is 32.7 Å². The highest BCUT2D eigenvalue weighted by atomic mass is 79.9. The third kappa shape index (κ3) is 26.1. The van der Waals surface area contributed by atoms with Gasteiger partial charge in [0.25, 0.3) is 11.8 Å². The zero-order chi connectivity index (χ0) is 75.0. The van der Waals surface area contributed by atoms with Crippen molar-refractivity contribution < 1.29 is 57.6 Å². The standard InChI is InChI=1S/C25H30BrN5O4.C19H23BrClN3O2.C19H25BrN4O2.C6H6O3.C2H6O.ClH.H4N2.H3N/c1-15-16(2)23(33)31(22(15)32)28-21-12-17(19-7-6-18(26)13-20(19)27-21)14-29-8-10-30(11-9-29)24(34)35-25(3,4)5;2*1-19(2,3)26-18(25)24-8-6-23(7-9-24)12-13-10-17(21)22-16-11-14(20)4-5-15(13)16;1-3-4(2)6(8)9-5(3)7;1-2-3;;1-2;/h6-7,12-13H,8-11,14H2,1-5H3,(H,27,28);4-5,10-11H,6-9,12H2,1-3H3;4-5,10-11H,6-9,12H2,1-3H3,(H2,21,22);1-2H3;3H,2H2,1H3;1H;1-2H2;1H3. The number of aliphatic hydroxyl groups is 1. The Labute approximate surface area is 638 Å². The van der Waals surface area contributed by atoms with Crippen LogP contribution in [0.5, 0.6) is 0 Å². The van der Waals surface area contributed by atoms with Gasteiger partial charge in [-0.2, -0.15) is 5.01 Å². The van der Waals surface area contributed by atoms with Crippen LogP contribution in [0.4, 0.5) is 26.0 Å². The fourth-order valence-electron chi connectivity index (χ4n) is 10.7. The number of amides is 5. The third-order valence-electron chi connectivity index (χ3n) is 16.0. The Hall–Kier alpha value is -7.20. The second kappa shape index (κ2) is 39.2. The number of hydrazine groups is 2. The number of imide groups is 1. The first-order valence-corrected chi connectivity index (χ1v) is 35.7. The molecule has 0 bridgehead atoms. The van der Waals surface area contributed by atoms with E-state index in [0.29, 0.717) is 98.0 Å². The number of hydrogen-bond acceptors (Lipinski definition) is 23. The van der Waals surface area contributed by atoms with Gasteiger partial charge in [-0.3, -0.25) is 41.4 Å². The SMILES string of the molecule is CC(C)(C)OC(=O)N1CCN(Cc2cc(Cl)nc3cc(Br)ccc23)CC1.CC(C)(C)OC(=O)N1CCN(Cc2cc(N)nc3cc(Br)ccc23)CC1.CC1=C(C)C(=O)N(Nc2cc(CN3CCN(C(=O)OC(C)(C)C)CC3)c3ccc(Br)cc3n2)C1=O.CC1=C(C)C(=O)OC1=O.CCO.Cl.N.NN. The van der Waals surface area contributed by atoms with E-state index in [9.17, 15) is 33.6 Å². The van der Waals surface area contributed by atoms with Crippen molar-refractivity contribution >= 4 is 158 Å². The Morgan fingerprint density at radius 1 is 0.515 bits per heavy atom. The number of nitrogens with one attached hydrogen (secondary N) is 1. The Bertz CT molecular complexity index is 3880. The van der Waals surface area contributed by atoms with E-state index in [4.69, 9.17) is 36.7 Å². The lowest BCUT2D eigenvalue weighted by molar-refractivity contribution is -0.151. The lowest BCUT2D eigenvalue weighted by Crippen LogP contribution is -2.49. The maximum absolute atomic E-state index is 12.5. The minimum atomic E-state index is -0.521. The number of esters is 2. The summed E-state index contributed by atoms with van der Waals surface area (Å²) < 4.78 is 23.5. The van der Waals surface area contributed by atoms with Crippen LogP contribution in [0.15, 0.2) is 109 Å². The number of fused-ring (bicyclic) bond motifs is 3. The Morgan fingerprint density at radius 2 is 0.816 bits per heavy atom. The summed E-state index contributed by atoms with van der Waals surface area (Å²) in [5, 5.41) is 12.3. The van der Waals surface area contributed by atoms with Gasteiger partial charge in [0.05, 0.1) is 16.6 Å². The summed E-state index contributed by atoms with van der Waals surface area (Å²) in [6.45, 7) is 35.9. The molecule has 5 aliphatic rings. The largest absolute Gasteiger partial charge is 0.444 e. The average Bonchev–Trinajstić information content (AvgIpc) is 1.72. The molecule has 32 heteroatoms. The van der Waals surface area contributed by atoms with Crippen LogP contribution in [-0.2, 0) is 57.8 Å². The maximum Gasteiger partial charge on any atom is 0.410 e. The van der Waals surface area contributed by atoms with E-state index < -0.39 is 28.7 Å². The fourth-order valence-corrected chi connectivity index (χ4v) is 12.0. The quantitative estimate of drug-likeness (QED) is 0.0157. The van der Waals surface area contributed by atoms with Gasteiger partial charge in [0.15, 0.2) is 0 Å². The van der Waals surface area contributed by atoms with Crippen LogP contribution < -0.4 is 29.0 Å². The number of carbonyl (C=O) groups excluding carboxylic acids is 7. The number of nitrogens with zero attached hydrogens (tertiary/aromatic N) is 10. The Morgan fingerprint density at radius 3 is 1.13 bits per heavy atom. The second-order valence-corrected chi connectivity index (χ2v) is 30.4. The first kappa shape index (κ1) is 88.2. The van der Waals surface area contributed by atoms with Crippen molar-refractivity contribution in [3.8, 4) is 0 Å². The summed E-state index contributed by atoms with van der Waals surface area (Å²) in [6.07, 6.45) is -0.762. The van der Waals surface area contributed by atoms with Gasteiger partial charge in [-0.1, -0.05) is 77.6 Å². The van der Waals surface area contributed by atoms with Crippen molar-refractivity contribution in [1.82, 2.24) is 55.5 Å². The van der Waals surface area contributed by atoms with Gasteiger partial charge < -0.3 is 50.6 Å². The summed E-state index contributed by atoms with van der Waals surface area (Å²) in [4.78, 5) is 108. The zero-order valence-corrected chi connectivity index (χ0v) is 67.3. The number of halogens is 5. The van der Waals surface area contributed by atoms with Gasteiger partial charge in [-0.25, -0.2) is 38.9 Å². The number of cyclic esters (lactones) is 2. The second-order valence-electron chi connectivity index (χ2n) is 27.2. The molecule has 0 atom stereocenters. The number of ether oxygens (including phenoxy) is 4. The van der Waals surface area contributed by atoms with Crippen LogP contribution in [0.3, 0.4) is 0 Å². The molecule has 103 heavy (non-hydrogen) atoms. The van der Waals surface area contributed by atoms with Crippen molar-refractivity contribution in [2.24, 2.45) is 11.7 Å². The molecule has 564 valence electrons. The smallest absolute Gasteiger partial charge is 0.410 e. The van der Waals surface area contributed by atoms with Gasteiger partial charge >= 0.3 is 30.2 Å². The van der Waals surface area contributed by atoms with Gasteiger partial charge in [0.2, 0.25) is 0 Å². The van der Waals surface area contributed by atoms with E-state index in [1.54, 1.807) is 49.3 Å². The van der Waals surface area contributed by atoms with Crippen molar-refractivity contribution in [3.05, 3.63) is 130 Å². The van der Waals surface area contributed by atoms with E-state index in [1.807, 2.05) is 123 Å². The number of aliphatic hydroxyl groups excluding tert-OH is 1. The number of benzene rings is 3. The number of nitrogen functional groups attached to an aromatic ring is 1. The van der Waals surface area contributed by atoms with Crippen LogP contribution in [-0.4, -0.2) is 198 Å². The molecule has 6 aromatic rings. The highest BCUT2D eigenvalue weighted by Gasteiger charge is 2.35. The van der Waals surface area contributed by atoms with E-state index in [0.717, 1.165) is 107 Å². The summed E-state index contributed by atoms with van der Waals surface area (Å²) in [6, 6.07) is 23.7. The molecule has 0 unspecified atom stereocenters. The van der Waals surface area contributed by atoms with E-state index in [-0.39, 0.29) is 55.3 Å². The summed E-state index contributed by atoms with van der Waals surface area (Å²) >= 11 is 16.7. The van der Waals surface area contributed by atoms with Gasteiger partial charge in [-0.05, 0) is 168 Å². The molecule has 0 spiro atoms. The van der Waals surface area contributed by atoms with Crippen molar-refractivity contribution in [3.63, 3.8) is 0 Å². The Balaban J connectivity index is 0.000000299. The minimum absolute atomic E-state index is 0. The van der Waals surface area contributed by atoms with Crippen LogP contribution in [0.2, 0.25) is 5.15 Å². The van der Waals surface area contributed by atoms with E-state index >= 15 is 0 Å².